The predicted octanol–water partition coefficient (Wildman–Crippen LogP) is 2.89. The van der Waals surface area contributed by atoms with Crippen molar-refractivity contribution in [2.24, 2.45) is 5.92 Å². The van der Waals surface area contributed by atoms with Gasteiger partial charge in [0.2, 0.25) is 0 Å². The molecule has 0 spiro atoms. The summed E-state index contributed by atoms with van der Waals surface area (Å²) in [5.41, 5.74) is 2.00. The van der Waals surface area contributed by atoms with Crippen molar-refractivity contribution in [1.82, 2.24) is 14.7 Å². The molecule has 0 saturated carbocycles. The zero-order chi connectivity index (χ0) is 21.7. The topological polar surface area (TPSA) is 89.8 Å². The molecule has 156 valence electrons. The van der Waals surface area contributed by atoms with Crippen molar-refractivity contribution < 1.29 is 14.3 Å². The van der Waals surface area contributed by atoms with Gasteiger partial charge >= 0.3 is 5.97 Å². The van der Waals surface area contributed by atoms with E-state index in [0.29, 0.717) is 23.3 Å². The largest absolute Gasteiger partial charge is 0.458 e. The Labute approximate surface area is 174 Å². The van der Waals surface area contributed by atoms with Crippen LogP contribution in [0, 0.1) is 12.8 Å². The smallest absolute Gasteiger partial charge is 0.329 e. The Kier molecular flexibility index (Phi) is 6.61. The molecular weight excluding hydrogens is 382 g/mol. The summed E-state index contributed by atoms with van der Waals surface area (Å²) in [6, 6.07) is 12.9. The molecule has 2 unspecified atom stereocenters. The molecule has 2 atom stereocenters. The first-order valence-corrected chi connectivity index (χ1v) is 9.90. The molecule has 1 N–H and O–H groups in total. The Morgan fingerprint density at radius 1 is 1.17 bits per heavy atom. The van der Waals surface area contributed by atoms with Crippen LogP contribution < -0.4 is 10.9 Å². The maximum absolute atomic E-state index is 12.7. The zero-order valence-electron chi connectivity index (χ0n) is 17.3. The van der Waals surface area contributed by atoms with E-state index in [4.69, 9.17) is 4.74 Å². The van der Waals surface area contributed by atoms with Crippen LogP contribution >= 0.6 is 0 Å². The van der Waals surface area contributed by atoms with Gasteiger partial charge in [-0.3, -0.25) is 14.0 Å². The molecule has 0 aliphatic heterocycles. The highest BCUT2D eigenvalue weighted by molar-refractivity contribution is 5.96. The third kappa shape index (κ3) is 4.92. The van der Waals surface area contributed by atoms with E-state index in [9.17, 15) is 14.4 Å². The average molecular weight is 407 g/mol. The van der Waals surface area contributed by atoms with Crippen LogP contribution in [-0.4, -0.2) is 27.3 Å². The zero-order valence-corrected chi connectivity index (χ0v) is 17.3. The summed E-state index contributed by atoms with van der Waals surface area (Å²) in [5, 5.41) is 2.77. The number of aromatic nitrogens is 2. The summed E-state index contributed by atoms with van der Waals surface area (Å²) < 4.78 is 6.86. The number of rotatable bonds is 7. The highest BCUT2D eigenvalue weighted by Gasteiger charge is 2.28. The van der Waals surface area contributed by atoms with Gasteiger partial charge in [-0.25, -0.2) is 9.78 Å². The summed E-state index contributed by atoms with van der Waals surface area (Å²) in [6.07, 6.45) is 2.39. The van der Waals surface area contributed by atoms with Gasteiger partial charge in [0.05, 0.1) is 5.69 Å². The number of nitrogens with zero attached hydrogens (tertiary/aromatic N) is 2. The summed E-state index contributed by atoms with van der Waals surface area (Å²) in [6.45, 7) is 5.56. The molecule has 0 aliphatic rings. The maximum atomic E-state index is 12.7. The van der Waals surface area contributed by atoms with Gasteiger partial charge in [0.25, 0.3) is 11.5 Å². The SMILES string of the molecule is CCC(C)C(NC(=O)c1ccccc1)C(=O)OCc1cc(=O)n2cc(C)ccc2n1. The number of pyridine rings is 1. The lowest BCUT2D eigenvalue weighted by Crippen LogP contribution is -2.46. The number of ether oxygens (including phenoxy) is 1. The standard InChI is InChI=1S/C23H25N3O4/c1-4-16(3)21(25-22(28)17-8-6-5-7-9-17)23(29)30-14-18-12-20(27)26-13-15(2)10-11-19(26)24-18/h5-13,16,21H,4,14H2,1-3H3,(H,25,28). The van der Waals surface area contributed by atoms with Crippen molar-refractivity contribution in [3.63, 3.8) is 0 Å². The second-order valence-electron chi connectivity index (χ2n) is 7.33. The number of carbonyl (C=O) groups is 2. The molecule has 3 rings (SSSR count). The number of carbonyl (C=O) groups excluding carboxylic acids is 2. The van der Waals surface area contributed by atoms with Gasteiger partial charge in [-0.2, -0.15) is 0 Å². The maximum Gasteiger partial charge on any atom is 0.329 e. The molecule has 2 heterocycles. The Morgan fingerprint density at radius 2 is 1.90 bits per heavy atom. The fraction of sp³-hybridized carbons (Fsp3) is 0.304. The normalized spacial score (nSPS) is 12.9. The minimum Gasteiger partial charge on any atom is -0.458 e. The molecule has 1 amide bonds. The average Bonchev–Trinajstić information content (AvgIpc) is 2.76. The number of aryl methyl sites for hydroxylation is 1. The Bertz CT molecular complexity index is 1110. The van der Waals surface area contributed by atoms with Crippen LogP contribution in [0.4, 0.5) is 0 Å². The number of fused-ring (bicyclic) bond motifs is 1. The molecule has 0 fully saturated rings. The molecule has 1 aromatic carbocycles. The van der Waals surface area contributed by atoms with Gasteiger partial charge in [-0.05, 0) is 36.6 Å². The number of esters is 1. The van der Waals surface area contributed by atoms with Crippen LogP contribution in [0.25, 0.3) is 5.65 Å². The van der Waals surface area contributed by atoms with Crippen LogP contribution in [0.5, 0.6) is 0 Å². The number of benzene rings is 1. The molecule has 2 aromatic heterocycles. The molecule has 7 heteroatoms. The fourth-order valence-electron chi connectivity index (χ4n) is 3.05. The monoisotopic (exact) mass is 407 g/mol. The highest BCUT2D eigenvalue weighted by atomic mass is 16.5. The van der Waals surface area contributed by atoms with Gasteiger partial charge in [0, 0.05) is 17.8 Å². The van der Waals surface area contributed by atoms with Gasteiger partial charge in [-0.15, -0.1) is 0 Å². The van der Waals surface area contributed by atoms with E-state index in [1.165, 1.54) is 10.5 Å². The summed E-state index contributed by atoms with van der Waals surface area (Å²) >= 11 is 0. The molecule has 30 heavy (non-hydrogen) atoms. The molecule has 0 radical (unpaired) electrons. The van der Waals surface area contributed by atoms with E-state index in [2.05, 4.69) is 10.3 Å². The van der Waals surface area contributed by atoms with Gasteiger partial charge < -0.3 is 10.1 Å². The van der Waals surface area contributed by atoms with Crippen LogP contribution in [-0.2, 0) is 16.1 Å². The number of hydrogen-bond donors (Lipinski definition) is 1. The van der Waals surface area contributed by atoms with Crippen molar-refractivity contribution in [3.05, 3.63) is 81.9 Å². The van der Waals surface area contributed by atoms with Crippen molar-refractivity contribution >= 4 is 17.5 Å². The van der Waals surface area contributed by atoms with Crippen LogP contribution in [0.1, 0.15) is 41.9 Å². The van der Waals surface area contributed by atoms with E-state index in [1.54, 1.807) is 36.5 Å². The van der Waals surface area contributed by atoms with Crippen LogP contribution in [0.15, 0.2) is 59.5 Å². The molecular formula is C23H25N3O4. The lowest BCUT2D eigenvalue weighted by molar-refractivity contribution is -0.148. The molecule has 0 saturated heterocycles. The van der Waals surface area contributed by atoms with Crippen molar-refractivity contribution in [1.29, 1.82) is 0 Å². The molecule has 0 bridgehead atoms. The molecule has 3 aromatic rings. The Morgan fingerprint density at radius 3 is 2.60 bits per heavy atom. The van der Waals surface area contributed by atoms with E-state index >= 15 is 0 Å². The van der Waals surface area contributed by atoms with Gasteiger partial charge in [0.15, 0.2) is 0 Å². The van der Waals surface area contributed by atoms with Crippen molar-refractivity contribution in [3.8, 4) is 0 Å². The third-order valence-corrected chi connectivity index (χ3v) is 5.01. The van der Waals surface area contributed by atoms with Crippen LogP contribution in [0.3, 0.4) is 0 Å². The summed E-state index contributed by atoms with van der Waals surface area (Å²) in [4.78, 5) is 41.9. The predicted molar refractivity (Wildman–Crippen MR) is 113 cm³/mol. The van der Waals surface area contributed by atoms with Gasteiger partial charge in [-0.1, -0.05) is 44.5 Å². The molecule has 7 nitrogen and oxygen atoms in total. The lowest BCUT2D eigenvalue weighted by Gasteiger charge is -2.22. The highest BCUT2D eigenvalue weighted by Crippen LogP contribution is 2.12. The van der Waals surface area contributed by atoms with E-state index in [0.717, 1.165) is 5.56 Å². The minimum absolute atomic E-state index is 0.122. The number of amides is 1. The van der Waals surface area contributed by atoms with Crippen LogP contribution in [0.2, 0.25) is 0 Å². The first-order valence-electron chi connectivity index (χ1n) is 9.90. The second-order valence-corrected chi connectivity index (χ2v) is 7.33. The first-order chi connectivity index (χ1) is 14.4. The summed E-state index contributed by atoms with van der Waals surface area (Å²) in [7, 11) is 0. The first kappa shape index (κ1) is 21.2. The second kappa shape index (κ2) is 9.35. The van der Waals surface area contributed by atoms with Crippen molar-refractivity contribution in [2.75, 3.05) is 0 Å². The summed E-state index contributed by atoms with van der Waals surface area (Å²) in [5.74, 6) is -1.02. The van der Waals surface area contributed by atoms with E-state index in [-0.39, 0.29) is 24.0 Å². The minimum atomic E-state index is -0.799. The number of nitrogens with one attached hydrogen (secondary N) is 1. The van der Waals surface area contributed by atoms with E-state index < -0.39 is 12.0 Å². The fourth-order valence-corrected chi connectivity index (χ4v) is 3.05. The quantitative estimate of drug-likeness (QED) is 0.608. The van der Waals surface area contributed by atoms with Crippen molar-refractivity contribution in [2.45, 2.75) is 39.8 Å². The molecule has 0 aliphatic carbocycles. The van der Waals surface area contributed by atoms with Gasteiger partial charge in [0.1, 0.15) is 18.3 Å². The Balaban J connectivity index is 1.73. The lowest BCUT2D eigenvalue weighted by atomic mass is 9.99. The number of hydrogen-bond acceptors (Lipinski definition) is 5. The third-order valence-electron chi connectivity index (χ3n) is 5.01. The Hall–Kier alpha value is -3.48. The van der Waals surface area contributed by atoms with E-state index in [1.807, 2.05) is 32.9 Å².